The molecule has 184 valence electrons. The predicted octanol–water partition coefficient (Wildman–Crippen LogP) is 4.78. The third kappa shape index (κ3) is 3.98. The van der Waals surface area contributed by atoms with E-state index in [1.165, 1.54) is 24.8 Å². The fraction of sp³-hybridized carbons (Fsp3) is 0.679. The summed E-state index contributed by atoms with van der Waals surface area (Å²) in [5.74, 6) is 1.88. The highest BCUT2D eigenvalue weighted by atomic mass is 16.6. The van der Waals surface area contributed by atoms with Crippen LogP contribution in [0.5, 0.6) is 0 Å². The molecule has 0 radical (unpaired) electrons. The maximum atomic E-state index is 12.1. The van der Waals surface area contributed by atoms with E-state index in [2.05, 4.69) is 42.3 Å². The third-order valence-corrected chi connectivity index (χ3v) is 10.2. The highest BCUT2D eigenvalue weighted by molar-refractivity contribution is 5.96. The summed E-state index contributed by atoms with van der Waals surface area (Å²) < 4.78 is 0. The molecule has 0 spiro atoms. The molecule has 2 unspecified atom stereocenters. The standard InChI is InChI=1S/C28H39N3O3/c1-26-11-6-21(31-34-18-25(32)30-17-19-9-14-29-15-10-19)16-20(26)4-5-22-23(26)7-12-27(2)24(22)8-13-28(27,3)33/h9-10,14-16,22-24,33H,4-8,11-13,17-18H2,1-3H3,(H,30,32)/b31-21+/t22-,23?,24?,26+,27+,28+/m1/s1. The first kappa shape index (κ1) is 23.5. The summed E-state index contributed by atoms with van der Waals surface area (Å²) >= 11 is 0. The molecule has 1 aromatic rings. The monoisotopic (exact) mass is 465 g/mol. The van der Waals surface area contributed by atoms with Gasteiger partial charge in [0.15, 0.2) is 6.61 Å². The van der Waals surface area contributed by atoms with E-state index in [-0.39, 0.29) is 23.3 Å². The van der Waals surface area contributed by atoms with E-state index >= 15 is 0 Å². The summed E-state index contributed by atoms with van der Waals surface area (Å²) in [6.07, 6.45) is 14.5. The van der Waals surface area contributed by atoms with Crippen LogP contribution in [0.3, 0.4) is 0 Å². The van der Waals surface area contributed by atoms with Crippen molar-refractivity contribution in [3.8, 4) is 0 Å². The number of nitrogens with zero attached hydrogens (tertiary/aromatic N) is 2. The van der Waals surface area contributed by atoms with Gasteiger partial charge < -0.3 is 15.3 Å². The van der Waals surface area contributed by atoms with E-state index in [1.54, 1.807) is 12.4 Å². The second-order valence-electron chi connectivity index (χ2n) is 11.8. The van der Waals surface area contributed by atoms with Crippen molar-refractivity contribution in [2.75, 3.05) is 6.61 Å². The number of fused-ring (bicyclic) bond motifs is 5. The molecule has 1 heterocycles. The number of allylic oxidation sites excluding steroid dienone is 2. The minimum Gasteiger partial charge on any atom is -0.390 e. The first-order valence-corrected chi connectivity index (χ1v) is 13.0. The first-order valence-electron chi connectivity index (χ1n) is 13.0. The van der Waals surface area contributed by atoms with Crippen LogP contribution in [0.25, 0.3) is 0 Å². The lowest BCUT2D eigenvalue weighted by Crippen LogP contribution is -2.53. The number of carbonyl (C=O) groups excluding carboxylic acids is 1. The highest BCUT2D eigenvalue weighted by Crippen LogP contribution is 2.67. The number of rotatable bonds is 5. The molecule has 0 aliphatic heterocycles. The van der Waals surface area contributed by atoms with Crippen molar-refractivity contribution < 1.29 is 14.7 Å². The summed E-state index contributed by atoms with van der Waals surface area (Å²) in [7, 11) is 0. The Labute approximate surface area is 203 Å². The molecule has 6 heteroatoms. The Morgan fingerprint density at radius 3 is 2.68 bits per heavy atom. The number of hydrogen-bond donors (Lipinski definition) is 2. The number of pyridine rings is 1. The van der Waals surface area contributed by atoms with Crippen molar-refractivity contribution in [3.05, 3.63) is 41.7 Å². The van der Waals surface area contributed by atoms with Crippen LogP contribution in [0.15, 0.2) is 41.3 Å². The summed E-state index contributed by atoms with van der Waals surface area (Å²) in [5, 5.41) is 18.3. The minimum absolute atomic E-state index is 0.0683. The summed E-state index contributed by atoms with van der Waals surface area (Å²) in [6.45, 7) is 7.29. The predicted molar refractivity (Wildman–Crippen MR) is 132 cm³/mol. The lowest BCUT2D eigenvalue weighted by molar-refractivity contribution is -0.125. The van der Waals surface area contributed by atoms with Crippen molar-refractivity contribution >= 4 is 11.6 Å². The summed E-state index contributed by atoms with van der Waals surface area (Å²) in [5.41, 5.74) is 3.24. The van der Waals surface area contributed by atoms with E-state index in [9.17, 15) is 9.90 Å². The Morgan fingerprint density at radius 2 is 1.88 bits per heavy atom. The number of hydrogen-bond acceptors (Lipinski definition) is 5. The topological polar surface area (TPSA) is 83.8 Å². The van der Waals surface area contributed by atoms with Crippen LogP contribution in [0.4, 0.5) is 0 Å². The normalized spacial score (nSPS) is 40.1. The van der Waals surface area contributed by atoms with Gasteiger partial charge in [0.25, 0.3) is 5.91 Å². The summed E-state index contributed by atoms with van der Waals surface area (Å²) in [6, 6.07) is 3.76. The first-order chi connectivity index (χ1) is 16.2. The molecule has 0 saturated heterocycles. The van der Waals surface area contributed by atoms with Gasteiger partial charge in [-0.25, -0.2) is 0 Å². The zero-order valence-electron chi connectivity index (χ0n) is 20.8. The second kappa shape index (κ2) is 8.78. The van der Waals surface area contributed by atoms with Crippen LogP contribution in [-0.4, -0.2) is 33.9 Å². The Kier molecular flexibility index (Phi) is 6.07. The van der Waals surface area contributed by atoms with Gasteiger partial charge in [-0.05, 0) is 111 Å². The largest absolute Gasteiger partial charge is 0.390 e. The van der Waals surface area contributed by atoms with Gasteiger partial charge in [-0.1, -0.05) is 24.6 Å². The molecular weight excluding hydrogens is 426 g/mol. The van der Waals surface area contributed by atoms with Crippen molar-refractivity contribution in [3.63, 3.8) is 0 Å². The Hall–Kier alpha value is -2.21. The fourth-order valence-electron chi connectivity index (χ4n) is 7.81. The number of aliphatic hydroxyl groups is 1. The molecule has 6 atom stereocenters. The zero-order chi connectivity index (χ0) is 24.0. The van der Waals surface area contributed by atoms with Gasteiger partial charge in [-0.2, -0.15) is 0 Å². The lowest BCUT2D eigenvalue weighted by atomic mass is 9.46. The van der Waals surface area contributed by atoms with E-state index < -0.39 is 5.60 Å². The molecule has 3 fully saturated rings. The Bertz CT molecular complexity index is 988. The van der Waals surface area contributed by atoms with Crippen LogP contribution in [-0.2, 0) is 16.2 Å². The lowest BCUT2D eigenvalue weighted by Gasteiger charge is -2.59. The van der Waals surface area contributed by atoms with E-state index in [4.69, 9.17) is 4.84 Å². The van der Waals surface area contributed by atoms with Crippen molar-refractivity contribution in [1.29, 1.82) is 0 Å². The molecule has 1 aromatic heterocycles. The number of nitrogens with one attached hydrogen (secondary N) is 1. The fourth-order valence-corrected chi connectivity index (χ4v) is 7.81. The van der Waals surface area contributed by atoms with Gasteiger partial charge in [0.2, 0.25) is 0 Å². The van der Waals surface area contributed by atoms with Gasteiger partial charge >= 0.3 is 0 Å². The average molecular weight is 466 g/mol. The third-order valence-electron chi connectivity index (χ3n) is 10.2. The van der Waals surface area contributed by atoms with Crippen LogP contribution < -0.4 is 5.32 Å². The SMILES string of the molecule is C[C@]12CC/C(=N\OCC(=O)NCc3ccncc3)C=C1CC[C@@H]1C2CC[C@@]2(C)C1CC[C@]2(C)O. The molecule has 0 aromatic carbocycles. The molecule has 2 N–H and O–H groups in total. The number of oxime groups is 1. The van der Waals surface area contributed by atoms with Crippen LogP contribution >= 0.6 is 0 Å². The summed E-state index contributed by atoms with van der Waals surface area (Å²) in [4.78, 5) is 21.5. The number of aromatic nitrogens is 1. The van der Waals surface area contributed by atoms with E-state index in [0.29, 0.717) is 24.3 Å². The molecule has 0 bridgehead atoms. The Balaban J connectivity index is 1.20. The highest BCUT2D eigenvalue weighted by Gasteiger charge is 2.62. The molecule has 4 aliphatic carbocycles. The number of carbonyl (C=O) groups is 1. The van der Waals surface area contributed by atoms with Gasteiger partial charge in [0.1, 0.15) is 0 Å². The number of amides is 1. The van der Waals surface area contributed by atoms with Crippen LogP contribution in [0, 0.1) is 28.6 Å². The van der Waals surface area contributed by atoms with Crippen LogP contribution in [0.1, 0.15) is 77.7 Å². The van der Waals surface area contributed by atoms with Gasteiger partial charge in [0, 0.05) is 18.9 Å². The minimum atomic E-state index is -0.520. The zero-order valence-corrected chi connectivity index (χ0v) is 20.8. The van der Waals surface area contributed by atoms with E-state index in [1.807, 2.05) is 12.1 Å². The van der Waals surface area contributed by atoms with Crippen molar-refractivity contribution in [2.24, 2.45) is 33.7 Å². The molecule has 34 heavy (non-hydrogen) atoms. The van der Waals surface area contributed by atoms with Crippen molar-refractivity contribution in [2.45, 2.75) is 84.3 Å². The average Bonchev–Trinajstić information content (AvgIpc) is 3.07. The second-order valence-corrected chi connectivity index (χ2v) is 11.8. The quantitative estimate of drug-likeness (QED) is 0.613. The smallest absolute Gasteiger partial charge is 0.261 e. The molecule has 6 nitrogen and oxygen atoms in total. The van der Waals surface area contributed by atoms with Gasteiger partial charge in [0.05, 0.1) is 11.3 Å². The maximum Gasteiger partial charge on any atom is 0.261 e. The Morgan fingerprint density at radius 1 is 1.12 bits per heavy atom. The van der Waals surface area contributed by atoms with Gasteiger partial charge in [-0.3, -0.25) is 9.78 Å². The molecular formula is C28H39N3O3. The van der Waals surface area contributed by atoms with Crippen LogP contribution in [0.2, 0.25) is 0 Å². The molecule has 4 aliphatic rings. The van der Waals surface area contributed by atoms with Gasteiger partial charge in [-0.15, -0.1) is 0 Å². The maximum absolute atomic E-state index is 12.1. The van der Waals surface area contributed by atoms with Crippen molar-refractivity contribution in [1.82, 2.24) is 10.3 Å². The molecule has 3 saturated carbocycles. The molecule has 1 amide bonds. The molecule has 5 rings (SSSR count). The van der Waals surface area contributed by atoms with E-state index in [0.717, 1.165) is 43.4 Å².